The van der Waals surface area contributed by atoms with Gasteiger partial charge >= 0.3 is 5.97 Å². The first-order chi connectivity index (χ1) is 12.1. The minimum atomic E-state index is -1.06. The number of likely N-dealkylation sites (tertiary alicyclic amines) is 1. The third-order valence-electron chi connectivity index (χ3n) is 3.95. The van der Waals surface area contributed by atoms with Gasteiger partial charge in [0.05, 0.1) is 12.3 Å². The number of aromatic nitrogens is 2. The van der Waals surface area contributed by atoms with Crippen LogP contribution in [0.5, 0.6) is 0 Å². The SMILES string of the molecule is CON=C1C[C@@H](C(=O)O)N(C(=O)c2ccc(-c3cncnc3)cc2)C1. The lowest BCUT2D eigenvalue weighted by atomic mass is 10.1. The van der Waals surface area contributed by atoms with Crippen LogP contribution in [-0.4, -0.2) is 57.3 Å². The van der Waals surface area contributed by atoms with Crippen molar-refractivity contribution in [1.29, 1.82) is 0 Å². The molecule has 1 N–H and O–H groups in total. The number of carboxylic acid groups (broad SMARTS) is 1. The molecule has 0 bridgehead atoms. The van der Waals surface area contributed by atoms with Gasteiger partial charge in [-0.25, -0.2) is 14.8 Å². The molecule has 1 aliphatic rings. The van der Waals surface area contributed by atoms with Crippen molar-refractivity contribution in [3.05, 3.63) is 48.5 Å². The fourth-order valence-corrected chi connectivity index (χ4v) is 2.75. The number of carbonyl (C=O) groups is 2. The maximum absolute atomic E-state index is 12.7. The Bertz CT molecular complexity index is 805. The molecule has 3 rings (SSSR count). The van der Waals surface area contributed by atoms with Crippen LogP contribution in [0, 0.1) is 0 Å². The minimum absolute atomic E-state index is 0.137. The van der Waals surface area contributed by atoms with Crippen LogP contribution in [0.2, 0.25) is 0 Å². The van der Waals surface area contributed by atoms with Gasteiger partial charge in [-0.1, -0.05) is 17.3 Å². The second-order valence-electron chi connectivity index (χ2n) is 5.54. The van der Waals surface area contributed by atoms with Crippen molar-refractivity contribution in [2.24, 2.45) is 5.16 Å². The summed E-state index contributed by atoms with van der Waals surface area (Å²) in [7, 11) is 1.39. The Balaban J connectivity index is 1.82. The van der Waals surface area contributed by atoms with Crippen molar-refractivity contribution in [3.8, 4) is 11.1 Å². The van der Waals surface area contributed by atoms with Crippen molar-refractivity contribution in [2.75, 3.05) is 13.7 Å². The normalized spacial score (nSPS) is 18.4. The van der Waals surface area contributed by atoms with Gasteiger partial charge in [0.2, 0.25) is 0 Å². The van der Waals surface area contributed by atoms with E-state index in [-0.39, 0.29) is 18.9 Å². The van der Waals surface area contributed by atoms with Crippen LogP contribution in [0.15, 0.2) is 48.1 Å². The fourth-order valence-electron chi connectivity index (χ4n) is 2.75. The summed E-state index contributed by atoms with van der Waals surface area (Å²) in [5.74, 6) is -1.42. The number of amides is 1. The number of oxime groups is 1. The second kappa shape index (κ2) is 7.08. The third kappa shape index (κ3) is 3.47. The monoisotopic (exact) mass is 340 g/mol. The molecule has 1 fully saturated rings. The number of aliphatic carboxylic acids is 1. The Kier molecular flexibility index (Phi) is 4.69. The average molecular weight is 340 g/mol. The highest BCUT2D eigenvalue weighted by Crippen LogP contribution is 2.22. The molecule has 2 heterocycles. The summed E-state index contributed by atoms with van der Waals surface area (Å²) in [6.07, 6.45) is 4.96. The van der Waals surface area contributed by atoms with Crippen LogP contribution in [0.3, 0.4) is 0 Å². The van der Waals surface area contributed by atoms with Crippen molar-refractivity contribution in [2.45, 2.75) is 12.5 Å². The van der Waals surface area contributed by atoms with Gasteiger partial charge in [-0.3, -0.25) is 4.79 Å². The zero-order valence-corrected chi connectivity index (χ0v) is 13.5. The van der Waals surface area contributed by atoms with Crippen molar-refractivity contribution < 1.29 is 19.5 Å². The van der Waals surface area contributed by atoms with Crippen LogP contribution in [-0.2, 0) is 9.63 Å². The predicted octanol–water partition coefficient (Wildman–Crippen LogP) is 1.45. The number of benzene rings is 1. The van der Waals surface area contributed by atoms with Gasteiger partial charge in [0, 0.05) is 29.9 Å². The topological polar surface area (TPSA) is 105 Å². The Morgan fingerprint density at radius 1 is 1.20 bits per heavy atom. The number of carbonyl (C=O) groups excluding carboxylic acids is 1. The molecular weight excluding hydrogens is 324 g/mol. The van der Waals surface area contributed by atoms with Gasteiger partial charge in [-0.2, -0.15) is 0 Å². The Hall–Kier alpha value is -3.29. The average Bonchev–Trinajstić information content (AvgIpc) is 3.07. The van der Waals surface area contributed by atoms with Crippen molar-refractivity contribution >= 4 is 17.6 Å². The molecule has 1 aliphatic heterocycles. The van der Waals surface area contributed by atoms with Gasteiger partial charge in [0.25, 0.3) is 5.91 Å². The standard InChI is InChI=1S/C17H16N4O4/c1-25-20-14-6-15(17(23)24)21(9-14)16(22)12-4-2-11(3-5-12)13-7-18-10-19-8-13/h2-5,7-8,10,15H,6,9H2,1H3,(H,23,24)/t15-/m0/s1. The van der Waals surface area contributed by atoms with E-state index in [0.717, 1.165) is 11.1 Å². The molecule has 1 saturated heterocycles. The van der Waals surface area contributed by atoms with Gasteiger partial charge in [-0.15, -0.1) is 0 Å². The lowest BCUT2D eigenvalue weighted by Crippen LogP contribution is -2.40. The highest BCUT2D eigenvalue weighted by molar-refractivity contribution is 6.04. The highest BCUT2D eigenvalue weighted by atomic mass is 16.6. The van der Waals surface area contributed by atoms with E-state index in [0.29, 0.717) is 11.3 Å². The summed E-state index contributed by atoms with van der Waals surface area (Å²) in [5.41, 5.74) is 2.64. The van der Waals surface area contributed by atoms with E-state index in [9.17, 15) is 14.7 Å². The van der Waals surface area contributed by atoms with E-state index in [1.807, 2.05) is 0 Å². The Morgan fingerprint density at radius 2 is 1.88 bits per heavy atom. The lowest BCUT2D eigenvalue weighted by Gasteiger charge is -2.20. The quantitative estimate of drug-likeness (QED) is 0.845. The molecule has 0 unspecified atom stereocenters. The molecule has 8 heteroatoms. The second-order valence-corrected chi connectivity index (χ2v) is 5.54. The summed E-state index contributed by atoms with van der Waals surface area (Å²) in [6, 6.07) is 5.94. The lowest BCUT2D eigenvalue weighted by molar-refractivity contribution is -0.141. The van der Waals surface area contributed by atoms with E-state index in [2.05, 4.69) is 15.1 Å². The molecule has 0 saturated carbocycles. The van der Waals surface area contributed by atoms with Gasteiger partial charge < -0.3 is 14.8 Å². The molecule has 1 atom stereocenters. The molecule has 1 amide bonds. The highest BCUT2D eigenvalue weighted by Gasteiger charge is 2.38. The first-order valence-corrected chi connectivity index (χ1v) is 7.58. The molecule has 0 spiro atoms. The Labute approximate surface area is 143 Å². The first kappa shape index (κ1) is 16.6. The molecule has 128 valence electrons. The van der Waals surface area contributed by atoms with Crippen LogP contribution >= 0.6 is 0 Å². The zero-order valence-electron chi connectivity index (χ0n) is 13.5. The molecular formula is C17H16N4O4. The van der Waals surface area contributed by atoms with Gasteiger partial charge in [0.15, 0.2) is 0 Å². The van der Waals surface area contributed by atoms with Gasteiger partial charge in [0.1, 0.15) is 19.5 Å². The van der Waals surface area contributed by atoms with E-state index in [1.54, 1.807) is 36.7 Å². The summed E-state index contributed by atoms with van der Waals surface area (Å²) >= 11 is 0. The summed E-state index contributed by atoms with van der Waals surface area (Å²) in [5, 5.41) is 13.1. The summed E-state index contributed by atoms with van der Waals surface area (Å²) in [4.78, 5) is 38.0. The summed E-state index contributed by atoms with van der Waals surface area (Å²) in [6.45, 7) is 0.137. The van der Waals surface area contributed by atoms with Crippen LogP contribution < -0.4 is 0 Å². The number of rotatable bonds is 4. The number of carboxylic acids is 1. The van der Waals surface area contributed by atoms with E-state index >= 15 is 0 Å². The number of nitrogens with zero attached hydrogens (tertiary/aromatic N) is 4. The van der Waals surface area contributed by atoms with E-state index in [4.69, 9.17) is 4.84 Å². The van der Waals surface area contributed by atoms with Crippen molar-refractivity contribution in [3.63, 3.8) is 0 Å². The maximum atomic E-state index is 12.7. The van der Waals surface area contributed by atoms with Crippen molar-refractivity contribution in [1.82, 2.24) is 14.9 Å². The number of hydrogen-bond acceptors (Lipinski definition) is 6. The predicted molar refractivity (Wildman–Crippen MR) is 89.0 cm³/mol. The zero-order chi connectivity index (χ0) is 17.8. The fraction of sp³-hybridized carbons (Fsp3) is 0.235. The molecule has 0 aliphatic carbocycles. The third-order valence-corrected chi connectivity index (χ3v) is 3.95. The van der Waals surface area contributed by atoms with Crippen LogP contribution in [0.25, 0.3) is 11.1 Å². The van der Waals surface area contributed by atoms with E-state index < -0.39 is 12.0 Å². The maximum Gasteiger partial charge on any atom is 0.326 e. The van der Waals surface area contributed by atoms with Gasteiger partial charge in [-0.05, 0) is 17.7 Å². The smallest absolute Gasteiger partial charge is 0.326 e. The largest absolute Gasteiger partial charge is 0.480 e. The molecule has 2 aromatic rings. The molecule has 8 nitrogen and oxygen atoms in total. The Morgan fingerprint density at radius 3 is 2.48 bits per heavy atom. The minimum Gasteiger partial charge on any atom is -0.480 e. The first-order valence-electron chi connectivity index (χ1n) is 7.58. The van der Waals surface area contributed by atoms with Crippen LogP contribution in [0.1, 0.15) is 16.8 Å². The summed E-state index contributed by atoms with van der Waals surface area (Å²) < 4.78 is 0. The molecule has 1 aromatic heterocycles. The number of hydrogen-bond donors (Lipinski definition) is 1. The molecule has 1 aromatic carbocycles. The van der Waals surface area contributed by atoms with E-state index in [1.165, 1.54) is 18.3 Å². The molecule has 25 heavy (non-hydrogen) atoms. The van der Waals surface area contributed by atoms with Crippen LogP contribution in [0.4, 0.5) is 0 Å². The molecule has 0 radical (unpaired) electrons.